The highest BCUT2D eigenvalue weighted by molar-refractivity contribution is 5.57. The largest absolute Gasteiger partial charge is 0.324 e. The van der Waals surface area contributed by atoms with Crippen molar-refractivity contribution in [2.24, 2.45) is 5.92 Å². The molecule has 0 amide bonds. The van der Waals surface area contributed by atoms with Crippen molar-refractivity contribution in [1.82, 2.24) is 14.5 Å². The van der Waals surface area contributed by atoms with Crippen LogP contribution in [0.1, 0.15) is 32.6 Å². The van der Waals surface area contributed by atoms with E-state index in [1.807, 2.05) is 17.1 Å². The van der Waals surface area contributed by atoms with Crippen LogP contribution in [-0.2, 0) is 11.5 Å². The summed E-state index contributed by atoms with van der Waals surface area (Å²) in [6.45, 7) is 4.05. The van der Waals surface area contributed by atoms with Gasteiger partial charge in [0.1, 0.15) is 6.29 Å². The van der Waals surface area contributed by atoms with E-state index in [0.717, 1.165) is 31.8 Å². The maximum absolute atomic E-state index is 11.1. The molecule has 0 aliphatic carbocycles. The van der Waals surface area contributed by atoms with E-state index >= 15 is 0 Å². The first kappa shape index (κ1) is 12.3. The summed E-state index contributed by atoms with van der Waals surface area (Å²) in [4.78, 5) is 17.4. The third kappa shape index (κ3) is 3.16. The summed E-state index contributed by atoms with van der Waals surface area (Å²) in [6, 6.07) is 0.0884. The van der Waals surface area contributed by atoms with Crippen molar-refractivity contribution in [2.45, 2.75) is 45.3 Å². The molecular weight excluding hydrogens is 214 g/mol. The fourth-order valence-electron chi connectivity index (χ4n) is 2.69. The quantitative estimate of drug-likeness (QED) is 0.732. The number of nitrogens with zero attached hydrogens (tertiary/aromatic N) is 3. The molecule has 2 heterocycles. The van der Waals surface area contributed by atoms with Crippen molar-refractivity contribution >= 4 is 6.29 Å². The van der Waals surface area contributed by atoms with Gasteiger partial charge in [0.15, 0.2) is 0 Å². The highest BCUT2D eigenvalue weighted by atomic mass is 16.1. The molecule has 1 aliphatic rings. The molecule has 2 rings (SSSR count). The number of carbonyl (C=O) groups is 1. The second kappa shape index (κ2) is 5.96. The smallest absolute Gasteiger partial charge is 0.137 e. The molecule has 4 heteroatoms. The predicted molar refractivity (Wildman–Crippen MR) is 66.4 cm³/mol. The van der Waals surface area contributed by atoms with Crippen LogP contribution < -0.4 is 0 Å². The van der Waals surface area contributed by atoms with E-state index in [9.17, 15) is 4.79 Å². The Morgan fingerprint density at radius 3 is 3.00 bits per heavy atom. The Morgan fingerprint density at radius 2 is 2.35 bits per heavy atom. The van der Waals surface area contributed by atoms with Gasteiger partial charge in [0, 0.05) is 18.9 Å². The number of aromatic nitrogens is 2. The number of hydrogen-bond acceptors (Lipinski definition) is 3. The maximum Gasteiger partial charge on any atom is 0.137 e. The number of piperidine rings is 1. The fourth-order valence-corrected chi connectivity index (χ4v) is 2.69. The molecule has 2 unspecified atom stereocenters. The first-order valence-electron chi connectivity index (χ1n) is 6.48. The Balaban J connectivity index is 1.97. The zero-order chi connectivity index (χ0) is 12.1. The van der Waals surface area contributed by atoms with Crippen LogP contribution in [0.4, 0.5) is 0 Å². The van der Waals surface area contributed by atoms with Gasteiger partial charge in [-0.05, 0) is 25.2 Å². The van der Waals surface area contributed by atoms with Crippen molar-refractivity contribution < 1.29 is 4.79 Å². The molecule has 4 nitrogen and oxygen atoms in total. The lowest BCUT2D eigenvalue weighted by Gasteiger charge is -2.37. The SMILES string of the molecule is CCCC1CCC(C=O)N(Cn2ccnc2)C1. The van der Waals surface area contributed by atoms with E-state index in [-0.39, 0.29) is 6.04 Å². The summed E-state index contributed by atoms with van der Waals surface area (Å²) >= 11 is 0. The van der Waals surface area contributed by atoms with Crippen LogP contribution in [0.5, 0.6) is 0 Å². The highest BCUT2D eigenvalue weighted by Crippen LogP contribution is 2.24. The number of aldehydes is 1. The molecule has 1 saturated heterocycles. The van der Waals surface area contributed by atoms with Gasteiger partial charge < -0.3 is 9.36 Å². The fraction of sp³-hybridized carbons (Fsp3) is 0.692. The lowest BCUT2D eigenvalue weighted by molar-refractivity contribution is -0.115. The first-order chi connectivity index (χ1) is 8.33. The monoisotopic (exact) mass is 235 g/mol. The molecule has 0 bridgehead atoms. The minimum Gasteiger partial charge on any atom is -0.324 e. The molecule has 94 valence electrons. The van der Waals surface area contributed by atoms with Crippen molar-refractivity contribution in [3.63, 3.8) is 0 Å². The van der Waals surface area contributed by atoms with Gasteiger partial charge in [-0.15, -0.1) is 0 Å². The molecule has 2 atom stereocenters. The van der Waals surface area contributed by atoms with Crippen LogP contribution in [0.3, 0.4) is 0 Å². The van der Waals surface area contributed by atoms with E-state index in [2.05, 4.69) is 16.8 Å². The van der Waals surface area contributed by atoms with Crippen LogP contribution in [0, 0.1) is 5.92 Å². The van der Waals surface area contributed by atoms with Gasteiger partial charge in [0.05, 0.1) is 19.0 Å². The molecule has 1 fully saturated rings. The zero-order valence-electron chi connectivity index (χ0n) is 10.5. The van der Waals surface area contributed by atoms with Crippen LogP contribution in [-0.4, -0.2) is 33.3 Å². The Hall–Kier alpha value is -1.16. The molecule has 1 aromatic heterocycles. The summed E-state index contributed by atoms with van der Waals surface area (Å²) in [5.41, 5.74) is 0. The molecule has 17 heavy (non-hydrogen) atoms. The second-order valence-corrected chi connectivity index (χ2v) is 4.93. The van der Waals surface area contributed by atoms with Crippen LogP contribution in [0.25, 0.3) is 0 Å². The molecule has 0 radical (unpaired) electrons. The number of rotatable bonds is 5. The van der Waals surface area contributed by atoms with Crippen molar-refractivity contribution in [3.05, 3.63) is 18.7 Å². The molecule has 1 aromatic rings. The average Bonchev–Trinajstić information content (AvgIpc) is 2.83. The second-order valence-electron chi connectivity index (χ2n) is 4.93. The van der Waals surface area contributed by atoms with Gasteiger partial charge in [0.25, 0.3) is 0 Å². The Kier molecular flexibility index (Phi) is 4.31. The van der Waals surface area contributed by atoms with Crippen LogP contribution >= 0.6 is 0 Å². The van der Waals surface area contributed by atoms with E-state index in [1.165, 1.54) is 19.3 Å². The minimum absolute atomic E-state index is 0.0884. The van der Waals surface area contributed by atoms with Gasteiger partial charge in [0.2, 0.25) is 0 Å². The number of imidazole rings is 1. The average molecular weight is 235 g/mol. The van der Waals surface area contributed by atoms with Gasteiger partial charge in [-0.3, -0.25) is 4.90 Å². The third-order valence-electron chi connectivity index (χ3n) is 3.59. The molecule has 0 saturated carbocycles. The first-order valence-corrected chi connectivity index (χ1v) is 6.48. The van der Waals surface area contributed by atoms with Crippen LogP contribution in [0.2, 0.25) is 0 Å². The highest BCUT2D eigenvalue weighted by Gasteiger charge is 2.27. The van der Waals surface area contributed by atoms with E-state index in [4.69, 9.17) is 0 Å². The van der Waals surface area contributed by atoms with Gasteiger partial charge in [-0.2, -0.15) is 0 Å². The molecule has 0 spiro atoms. The molecular formula is C13H21N3O. The zero-order valence-corrected chi connectivity index (χ0v) is 10.5. The van der Waals surface area contributed by atoms with Gasteiger partial charge >= 0.3 is 0 Å². The normalized spacial score (nSPS) is 25.9. The van der Waals surface area contributed by atoms with E-state index in [1.54, 1.807) is 6.20 Å². The molecule has 0 aromatic carbocycles. The number of hydrogen-bond donors (Lipinski definition) is 0. The standard InChI is InChI=1S/C13H21N3O/c1-2-3-12-4-5-13(9-17)16(8-12)11-15-7-6-14-10-15/h6-7,9-10,12-13H,2-5,8,11H2,1H3. The lowest BCUT2D eigenvalue weighted by Crippen LogP contribution is -2.44. The van der Waals surface area contributed by atoms with E-state index < -0.39 is 0 Å². The summed E-state index contributed by atoms with van der Waals surface area (Å²) in [6.07, 6.45) is 11.3. The number of likely N-dealkylation sites (tertiary alicyclic amines) is 1. The minimum atomic E-state index is 0.0884. The van der Waals surface area contributed by atoms with Crippen molar-refractivity contribution in [1.29, 1.82) is 0 Å². The Morgan fingerprint density at radius 1 is 1.47 bits per heavy atom. The summed E-state index contributed by atoms with van der Waals surface area (Å²) in [7, 11) is 0. The third-order valence-corrected chi connectivity index (χ3v) is 3.59. The number of carbonyl (C=O) groups excluding carboxylic acids is 1. The van der Waals surface area contributed by atoms with Crippen molar-refractivity contribution in [2.75, 3.05) is 6.54 Å². The maximum atomic E-state index is 11.1. The topological polar surface area (TPSA) is 38.1 Å². The van der Waals surface area contributed by atoms with Crippen LogP contribution in [0.15, 0.2) is 18.7 Å². The van der Waals surface area contributed by atoms with Gasteiger partial charge in [-0.25, -0.2) is 4.98 Å². The summed E-state index contributed by atoms with van der Waals surface area (Å²) < 4.78 is 2.03. The predicted octanol–water partition coefficient (Wildman–Crippen LogP) is 1.92. The van der Waals surface area contributed by atoms with Gasteiger partial charge in [-0.1, -0.05) is 13.3 Å². The van der Waals surface area contributed by atoms with E-state index in [0.29, 0.717) is 0 Å². The Bertz CT molecular complexity index is 336. The summed E-state index contributed by atoms with van der Waals surface area (Å²) in [5, 5.41) is 0. The summed E-state index contributed by atoms with van der Waals surface area (Å²) in [5.74, 6) is 0.750. The molecule has 1 aliphatic heterocycles. The lowest BCUT2D eigenvalue weighted by atomic mass is 9.90. The Labute approximate surface area is 103 Å². The molecule has 0 N–H and O–H groups in total. The van der Waals surface area contributed by atoms with Crippen molar-refractivity contribution in [3.8, 4) is 0 Å².